The van der Waals surface area contributed by atoms with Crippen LogP contribution in [0.1, 0.15) is 46.0 Å². The van der Waals surface area contributed by atoms with Crippen molar-refractivity contribution in [3.63, 3.8) is 0 Å². The zero-order chi connectivity index (χ0) is 9.40. The molecule has 0 spiro atoms. The van der Waals surface area contributed by atoms with Gasteiger partial charge in [0, 0.05) is 6.42 Å². The third-order valence-corrected chi connectivity index (χ3v) is 1.90. The third kappa shape index (κ3) is 6.53. The highest BCUT2D eigenvalue weighted by Crippen LogP contribution is 2.08. The van der Waals surface area contributed by atoms with E-state index in [0.29, 0.717) is 6.42 Å². The first kappa shape index (κ1) is 11.8. The summed E-state index contributed by atoms with van der Waals surface area (Å²) in [6, 6.07) is 0. The Morgan fingerprint density at radius 3 is 2.58 bits per heavy atom. The van der Waals surface area contributed by atoms with Crippen molar-refractivity contribution in [2.75, 3.05) is 0 Å². The summed E-state index contributed by atoms with van der Waals surface area (Å²) < 4.78 is 5.02. The van der Waals surface area contributed by atoms with Crippen LogP contribution < -0.4 is 0 Å². The van der Waals surface area contributed by atoms with E-state index in [-0.39, 0.29) is 11.4 Å². The Morgan fingerprint density at radius 2 is 2.08 bits per heavy atom. The topological polar surface area (TPSA) is 26.3 Å². The molecule has 0 aromatic heterocycles. The lowest BCUT2D eigenvalue weighted by molar-refractivity contribution is -0.145. The number of hydrogen-bond donors (Lipinski definition) is 1. The lowest BCUT2D eigenvalue weighted by atomic mass is 10.2. The Balaban J connectivity index is 3.40. The maximum absolute atomic E-state index is 11.0. The number of thiol groups is 1. The van der Waals surface area contributed by atoms with Gasteiger partial charge in [-0.05, 0) is 12.8 Å². The zero-order valence-electron chi connectivity index (χ0n) is 7.88. The Kier molecular flexibility index (Phi) is 7.36. The lowest BCUT2D eigenvalue weighted by Crippen LogP contribution is -2.12. The summed E-state index contributed by atoms with van der Waals surface area (Å²) in [5.41, 5.74) is -0.209. The van der Waals surface area contributed by atoms with E-state index >= 15 is 0 Å². The molecule has 0 radical (unpaired) electrons. The first-order valence-electron chi connectivity index (χ1n) is 4.58. The van der Waals surface area contributed by atoms with E-state index in [1.807, 2.05) is 6.92 Å². The molecule has 1 unspecified atom stereocenters. The normalized spacial score (nSPS) is 12.6. The Hall–Kier alpha value is -0.180. The fourth-order valence-electron chi connectivity index (χ4n) is 0.838. The van der Waals surface area contributed by atoms with Crippen molar-refractivity contribution in [3.8, 4) is 0 Å². The summed E-state index contributed by atoms with van der Waals surface area (Å²) in [5, 5.41) is 0. The van der Waals surface area contributed by atoms with Crippen LogP contribution in [0.3, 0.4) is 0 Å². The first-order valence-corrected chi connectivity index (χ1v) is 5.09. The van der Waals surface area contributed by atoms with Crippen molar-refractivity contribution in [3.05, 3.63) is 0 Å². The molecular weight excluding hydrogens is 172 g/mol. The van der Waals surface area contributed by atoms with Gasteiger partial charge in [0.25, 0.3) is 0 Å². The van der Waals surface area contributed by atoms with Gasteiger partial charge in [0.15, 0.2) is 0 Å². The Morgan fingerprint density at radius 1 is 1.42 bits per heavy atom. The number of esters is 1. The van der Waals surface area contributed by atoms with Gasteiger partial charge in [-0.3, -0.25) is 4.79 Å². The van der Waals surface area contributed by atoms with Crippen LogP contribution in [-0.2, 0) is 9.53 Å². The molecule has 0 rings (SSSR count). The molecule has 1 atom stereocenters. The minimum Gasteiger partial charge on any atom is -0.452 e. The highest BCUT2D eigenvalue weighted by molar-refractivity contribution is 7.80. The third-order valence-electron chi connectivity index (χ3n) is 1.54. The second-order valence-electron chi connectivity index (χ2n) is 2.84. The molecule has 0 saturated carbocycles. The van der Waals surface area contributed by atoms with Crippen molar-refractivity contribution in [2.24, 2.45) is 0 Å². The molecule has 0 N–H and O–H groups in total. The highest BCUT2D eigenvalue weighted by atomic mass is 32.1. The summed E-state index contributed by atoms with van der Waals surface area (Å²) in [5.74, 6) is -0.120. The lowest BCUT2D eigenvalue weighted by Gasteiger charge is -2.10. The van der Waals surface area contributed by atoms with Gasteiger partial charge < -0.3 is 4.74 Å². The van der Waals surface area contributed by atoms with Gasteiger partial charge in [-0.25, -0.2) is 0 Å². The SMILES string of the molecule is CCCCC(=O)OC(S)CCC. The molecule has 0 aliphatic heterocycles. The van der Waals surface area contributed by atoms with Gasteiger partial charge in [0.1, 0.15) is 5.44 Å². The van der Waals surface area contributed by atoms with Gasteiger partial charge in [-0.1, -0.05) is 26.7 Å². The second-order valence-corrected chi connectivity index (χ2v) is 3.41. The van der Waals surface area contributed by atoms with Gasteiger partial charge in [0.2, 0.25) is 0 Å². The number of carbonyl (C=O) groups excluding carboxylic acids is 1. The van der Waals surface area contributed by atoms with E-state index in [9.17, 15) is 4.79 Å². The number of ether oxygens (including phenoxy) is 1. The fraction of sp³-hybridized carbons (Fsp3) is 0.889. The summed E-state index contributed by atoms with van der Waals surface area (Å²) in [7, 11) is 0. The molecule has 0 fully saturated rings. The van der Waals surface area contributed by atoms with E-state index < -0.39 is 0 Å². The fourth-order valence-corrected chi connectivity index (χ4v) is 1.21. The van der Waals surface area contributed by atoms with Crippen LogP contribution >= 0.6 is 12.6 Å². The van der Waals surface area contributed by atoms with Gasteiger partial charge in [0.05, 0.1) is 0 Å². The summed E-state index contributed by atoms with van der Waals surface area (Å²) >= 11 is 4.13. The monoisotopic (exact) mass is 190 g/mol. The molecule has 0 heterocycles. The molecule has 0 aromatic rings. The number of rotatable bonds is 6. The van der Waals surface area contributed by atoms with Crippen molar-refractivity contribution < 1.29 is 9.53 Å². The summed E-state index contributed by atoms with van der Waals surface area (Å²) in [6.07, 6.45) is 4.29. The number of carbonyl (C=O) groups is 1. The van der Waals surface area contributed by atoms with Crippen LogP contribution in [0.5, 0.6) is 0 Å². The minimum absolute atomic E-state index is 0.120. The van der Waals surface area contributed by atoms with Gasteiger partial charge >= 0.3 is 5.97 Å². The van der Waals surface area contributed by atoms with Gasteiger partial charge in [-0.2, -0.15) is 0 Å². The molecule has 72 valence electrons. The van der Waals surface area contributed by atoms with Crippen LogP contribution in [0.25, 0.3) is 0 Å². The Bertz CT molecular complexity index is 126. The zero-order valence-corrected chi connectivity index (χ0v) is 8.77. The molecule has 0 bridgehead atoms. The van der Waals surface area contributed by atoms with Gasteiger partial charge in [-0.15, -0.1) is 12.6 Å². The number of unbranched alkanes of at least 4 members (excludes halogenated alkanes) is 1. The van der Waals surface area contributed by atoms with Crippen LogP contribution in [0.2, 0.25) is 0 Å². The number of hydrogen-bond acceptors (Lipinski definition) is 3. The highest BCUT2D eigenvalue weighted by Gasteiger charge is 2.07. The smallest absolute Gasteiger partial charge is 0.306 e. The van der Waals surface area contributed by atoms with Crippen LogP contribution in [0.15, 0.2) is 0 Å². The predicted octanol–water partition coefficient (Wildman–Crippen LogP) is 2.78. The molecule has 12 heavy (non-hydrogen) atoms. The molecule has 0 aliphatic rings. The second kappa shape index (κ2) is 7.47. The average Bonchev–Trinajstić information content (AvgIpc) is 2.01. The Labute approximate surface area is 80.1 Å². The van der Waals surface area contributed by atoms with Crippen molar-refractivity contribution in [1.82, 2.24) is 0 Å². The average molecular weight is 190 g/mol. The minimum atomic E-state index is -0.209. The maximum Gasteiger partial charge on any atom is 0.306 e. The maximum atomic E-state index is 11.0. The van der Waals surface area contributed by atoms with E-state index in [2.05, 4.69) is 19.6 Å². The molecule has 0 aromatic carbocycles. The van der Waals surface area contributed by atoms with Crippen LogP contribution in [0, 0.1) is 0 Å². The van der Waals surface area contributed by atoms with E-state index in [1.54, 1.807) is 0 Å². The molecule has 2 nitrogen and oxygen atoms in total. The van der Waals surface area contributed by atoms with E-state index in [0.717, 1.165) is 25.7 Å². The quantitative estimate of drug-likeness (QED) is 0.396. The first-order chi connectivity index (χ1) is 5.70. The van der Waals surface area contributed by atoms with Crippen molar-refractivity contribution >= 4 is 18.6 Å². The summed E-state index contributed by atoms with van der Waals surface area (Å²) in [4.78, 5) is 11.0. The van der Waals surface area contributed by atoms with Crippen molar-refractivity contribution in [1.29, 1.82) is 0 Å². The van der Waals surface area contributed by atoms with E-state index in [4.69, 9.17) is 4.74 Å². The molecular formula is C9H18O2S. The molecule has 0 amide bonds. The summed E-state index contributed by atoms with van der Waals surface area (Å²) in [6.45, 7) is 4.10. The molecule has 3 heteroatoms. The standard InChI is InChI=1S/C9H18O2S/c1-3-5-7-8(10)11-9(12)6-4-2/h9,12H,3-7H2,1-2H3. The van der Waals surface area contributed by atoms with Crippen LogP contribution in [-0.4, -0.2) is 11.4 Å². The van der Waals surface area contributed by atoms with Crippen LogP contribution in [0.4, 0.5) is 0 Å². The molecule has 0 aliphatic carbocycles. The largest absolute Gasteiger partial charge is 0.452 e. The van der Waals surface area contributed by atoms with Crippen molar-refractivity contribution in [2.45, 2.75) is 51.4 Å². The van der Waals surface area contributed by atoms with E-state index in [1.165, 1.54) is 0 Å². The molecule has 0 saturated heterocycles. The predicted molar refractivity (Wildman–Crippen MR) is 53.3 cm³/mol.